The minimum absolute atomic E-state index is 0.0487. The average molecular weight is 234 g/mol. The predicted octanol–water partition coefficient (Wildman–Crippen LogP) is 1.39. The summed E-state index contributed by atoms with van der Waals surface area (Å²) in [7, 11) is 1.82. The molecule has 0 radical (unpaired) electrons. The molecule has 1 aliphatic carbocycles. The van der Waals surface area contributed by atoms with Crippen molar-refractivity contribution in [2.45, 2.75) is 19.8 Å². The van der Waals surface area contributed by atoms with Gasteiger partial charge in [0.25, 0.3) is 5.91 Å². The lowest BCUT2D eigenvalue weighted by molar-refractivity contribution is 0.0782. The molecule has 92 valence electrons. The van der Waals surface area contributed by atoms with Gasteiger partial charge in [0.1, 0.15) is 5.82 Å². The second-order valence-corrected chi connectivity index (χ2v) is 4.46. The van der Waals surface area contributed by atoms with E-state index in [2.05, 4.69) is 15.5 Å². The highest BCUT2D eigenvalue weighted by Gasteiger charge is 2.25. The third kappa shape index (κ3) is 3.15. The lowest BCUT2D eigenvalue weighted by atomic mass is 10.3. The first-order valence-corrected chi connectivity index (χ1v) is 6.03. The van der Waals surface area contributed by atoms with Crippen LogP contribution in [0, 0.1) is 5.92 Å². The van der Waals surface area contributed by atoms with Crippen LogP contribution in [0.25, 0.3) is 0 Å². The van der Waals surface area contributed by atoms with Gasteiger partial charge in [-0.05, 0) is 37.8 Å². The van der Waals surface area contributed by atoms with E-state index >= 15 is 0 Å². The van der Waals surface area contributed by atoms with Gasteiger partial charge in [-0.3, -0.25) is 4.79 Å². The van der Waals surface area contributed by atoms with Gasteiger partial charge < -0.3 is 10.2 Å². The second kappa shape index (κ2) is 5.12. The van der Waals surface area contributed by atoms with E-state index in [-0.39, 0.29) is 5.91 Å². The molecule has 0 spiro atoms. The molecular weight excluding hydrogens is 216 g/mol. The number of anilines is 1. The summed E-state index contributed by atoms with van der Waals surface area (Å²) < 4.78 is 0. The monoisotopic (exact) mass is 234 g/mol. The molecule has 0 aliphatic heterocycles. The highest BCUT2D eigenvalue weighted by molar-refractivity contribution is 5.92. The van der Waals surface area contributed by atoms with Crippen LogP contribution < -0.4 is 5.32 Å². The maximum absolute atomic E-state index is 12.0. The zero-order chi connectivity index (χ0) is 12.3. The Morgan fingerprint density at radius 2 is 2.24 bits per heavy atom. The largest absolute Gasteiger partial charge is 0.369 e. The first kappa shape index (κ1) is 11.8. The number of nitrogens with zero attached hydrogens (tertiary/aromatic N) is 3. The molecule has 5 nitrogen and oxygen atoms in total. The molecule has 1 heterocycles. The summed E-state index contributed by atoms with van der Waals surface area (Å²) in [4.78, 5) is 13.7. The Kier molecular flexibility index (Phi) is 3.56. The molecule has 0 unspecified atom stereocenters. The number of hydrogen-bond acceptors (Lipinski definition) is 4. The fourth-order valence-electron chi connectivity index (χ4n) is 1.69. The summed E-state index contributed by atoms with van der Waals surface area (Å²) in [5, 5.41) is 10.9. The normalized spacial score (nSPS) is 14.5. The first-order valence-electron chi connectivity index (χ1n) is 6.03. The summed E-state index contributed by atoms with van der Waals surface area (Å²) in [6.07, 6.45) is 2.48. The van der Waals surface area contributed by atoms with E-state index in [1.165, 1.54) is 12.8 Å². The molecule has 1 aliphatic rings. The lowest BCUT2D eigenvalue weighted by Gasteiger charge is -2.15. The van der Waals surface area contributed by atoms with Gasteiger partial charge in [0, 0.05) is 20.1 Å². The van der Waals surface area contributed by atoms with Gasteiger partial charge in [0.15, 0.2) is 5.69 Å². The number of nitrogens with one attached hydrogen (secondary N) is 1. The quantitative estimate of drug-likeness (QED) is 0.836. The van der Waals surface area contributed by atoms with Gasteiger partial charge in [-0.25, -0.2) is 0 Å². The fourth-order valence-corrected chi connectivity index (χ4v) is 1.69. The average Bonchev–Trinajstić information content (AvgIpc) is 3.13. The zero-order valence-electron chi connectivity index (χ0n) is 10.3. The Hall–Kier alpha value is -1.65. The molecule has 1 aromatic rings. The van der Waals surface area contributed by atoms with Crippen LogP contribution in [0.1, 0.15) is 30.3 Å². The molecule has 0 bridgehead atoms. The van der Waals surface area contributed by atoms with Crippen LogP contribution in [0.2, 0.25) is 0 Å². The van der Waals surface area contributed by atoms with Crippen LogP contribution >= 0.6 is 0 Å². The topological polar surface area (TPSA) is 58.1 Å². The van der Waals surface area contributed by atoms with E-state index in [4.69, 9.17) is 0 Å². The van der Waals surface area contributed by atoms with Crippen LogP contribution in [-0.2, 0) is 0 Å². The van der Waals surface area contributed by atoms with E-state index in [0.717, 1.165) is 13.1 Å². The van der Waals surface area contributed by atoms with Crippen molar-refractivity contribution >= 4 is 11.7 Å². The molecule has 17 heavy (non-hydrogen) atoms. The molecular formula is C12H18N4O. The van der Waals surface area contributed by atoms with Gasteiger partial charge in [-0.2, -0.15) is 0 Å². The van der Waals surface area contributed by atoms with Crippen molar-refractivity contribution in [3.8, 4) is 0 Å². The Morgan fingerprint density at radius 1 is 1.47 bits per heavy atom. The summed E-state index contributed by atoms with van der Waals surface area (Å²) >= 11 is 0. The van der Waals surface area contributed by atoms with E-state index in [1.54, 1.807) is 17.0 Å². The Labute approximate surface area is 101 Å². The van der Waals surface area contributed by atoms with Gasteiger partial charge in [0.2, 0.25) is 0 Å². The first-order chi connectivity index (χ1) is 8.20. The van der Waals surface area contributed by atoms with E-state index in [0.29, 0.717) is 17.4 Å². The Bertz CT molecular complexity index is 386. The highest BCUT2D eigenvalue weighted by Crippen LogP contribution is 2.29. The molecule has 1 saturated carbocycles. The molecule has 1 aromatic heterocycles. The van der Waals surface area contributed by atoms with E-state index in [9.17, 15) is 4.79 Å². The van der Waals surface area contributed by atoms with Gasteiger partial charge in [-0.15, -0.1) is 10.2 Å². The van der Waals surface area contributed by atoms with Gasteiger partial charge in [-0.1, -0.05) is 0 Å². The number of carbonyl (C=O) groups is 1. The maximum atomic E-state index is 12.0. The second-order valence-electron chi connectivity index (χ2n) is 4.46. The summed E-state index contributed by atoms with van der Waals surface area (Å²) in [6, 6.07) is 3.51. The molecule has 1 N–H and O–H groups in total. The van der Waals surface area contributed by atoms with Crippen molar-refractivity contribution in [3.63, 3.8) is 0 Å². The predicted molar refractivity (Wildman–Crippen MR) is 65.9 cm³/mol. The van der Waals surface area contributed by atoms with Crippen LogP contribution in [-0.4, -0.2) is 41.1 Å². The van der Waals surface area contributed by atoms with Crippen LogP contribution in [0.3, 0.4) is 0 Å². The van der Waals surface area contributed by atoms with Gasteiger partial charge >= 0.3 is 0 Å². The van der Waals surface area contributed by atoms with Crippen molar-refractivity contribution in [2.75, 3.05) is 25.5 Å². The summed E-state index contributed by atoms with van der Waals surface area (Å²) in [6.45, 7) is 3.61. The summed E-state index contributed by atoms with van der Waals surface area (Å²) in [5.41, 5.74) is 0.412. The van der Waals surface area contributed by atoms with Crippen molar-refractivity contribution in [2.24, 2.45) is 5.92 Å². The molecule has 0 saturated heterocycles. The molecule has 0 aromatic carbocycles. The fraction of sp³-hybridized carbons (Fsp3) is 0.583. The van der Waals surface area contributed by atoms with Crippen LogP contribution in [0.4, 0.5) is 5.82 Å². The smallest absolute Gasteiger partial charge is 0.274 e. The van der Waals surface area contributed by atoms with Gasteiger partial charge in [0.05, 0.1) is 0 Å². The minimum Gasteiger partial charge on any atom is -0.369 e. The number of rotatable bonds is 5. The molecule has 0 atom stereocenters. The maximum Gasteiger partial charge on any atom is 0.274 e. The lowest BCUT2D eigenvalue weighted by Crippen LogP contribution is -2.29. The minimum atomic E-state index is -0.0487. The number of hydrogen-bond donors (Lipinski definition) is 1. The Balaban J connectivity index is 1.97. The van der Waals surface area contributed by atoms with Crippen LogP contribution in [0.5, 0.6) is 0 Å². The summed E-state index contributed by atoms with van der Waals surface area (Å²) in [5.74, 6) is 1.35. The SMILES string of the molecule is CCNc1ccc(C(=O)N(C)CC2CC2)nn1. The zero-order valence-corrected chi connectivity index (χ0v) is 10.3. The number of aromatic nitrogens is 2. The number of amides is 1. The highest BCUT2D eigenvalue weighted by atomic mass is 16.2. The van der Waals surface area contributed by atoms with Crippen molar-refractivity contribution < 1.29 is 4.79 Å². The van der Waals surface area contributed by atoms with E-state index in [1.807, 2.05) is 14.0 Å². The molecule has 1 fully saturated rings. The van der Waals surface area contributed by atoms with Crippen LogP contribution in [0.15, 0.2) is 12.1 Å². The molecule has 5 heteroatoms. The van der Waals surface area contributed by atoms with Crippen molar-refractivity contribution in [1.82, 2.24) is 15.1 Å². The Morgan fingerprint density at radius 3 is 2.76 bits per heavy atom. The third-order valence-electron chi connectivity index (χ3n) is 2.82. The van der Waals surface area contributed by atoms with E-state index < -0.39 is 0 Å². The van der Waals surface area contributed by atoms with Crippen molar-refractivity contribution in [1.29, 1.82) is 0 Å². The number of carbonyl (C=O) groups excluding carboxylic acids is 1. The molecule has 2 rings (SSSR count). The third-order valence-corrected chi connectivity index (χ3v) is 2.82. The molecule has 1 amide bonds. The van der Waals surface area contributed by atoms with Crippen molar-refractivity contribution in [3.05, 3.63) is 17.8 Å². The standard InChI is InChI=1S/C12H18N4O/c1-3-13-11-7-6-10(14-15-11)12(17)16(2)8-9-4-5-9/h6-7,9H,3-5,8H2,1-2H3,(H,13,15).